The van der Waals surface area contributed by atoms with Crippen LogP contribution in [0.1, 0.15) is 0 Å². The van der Waals surface area contributed by atoms with Crippen LogP contribution in [-0.4, -0.2) is 36.2 Å². The Morgan fingerprint density at radius 2 is 1.39 bits per heavy atom. The predicted octanol–water partition coefficient (Wildman–Crippen LogP) is 1.32. The smallest absolute Gasteiger partial charge is 0.507 e. The van der Waals surface area contributed by atoms with E-state index in [0.717, 1.165) is 17.5 Å². The molecule has 0 unspecified atom stereocenters. The predicted molar refractivity (Wildman–Crippen MR) is 115 cm³/mol. The summed E-state index contributed by atoms with van der Waals surface area (Å²) in [6.07, 6.45) is 0. The van der Waals surface area contributed by atoms with Gasteiger partial charge in [-0.25, -0.2) is 0 Å². The first-order valence-corrected chi connectivity index (χ1v) is 11.7. The van der Waals surface area contributed by atoms with Crippen molar-refractivity contribution >= 4 is 53.2 Å². The molecule has 0 bridgehead atoms. The van der Waals surface area contributed by atoms with Gasteiger partial charge in [-0.05, 0) is 29.0 Å². The molecule has 0 aliphatic carbocycles. The molecule has 0 saturated carbocycles. The molecule has 0 saturated heterocycles. The quantitative estimate of drug-likeness (QED) is 0.185. The van der Waals surface area contributed by atoms with Crippen LogP contribution in [0, 0.1) is 0 Å². The van der Waals surface area contributed by atoms with E-state index in [4.69, 9.17) is 0 Å². The first-order valence-electron chi connectivity index (χ1n) is 8.84. The summed E-state index contributed by atoms with van der Waals surface area (Å²) in [5.74, 6) is -1.63. The van der Waals surface area contributed by atoms with Crippen molar-refractivity contribution in [2.45, 2.75) is 9.79 Å². The molecule has 0 spiro atoms. The van der Waals surface area contributed by atoms with Gasteiger partial charge in [-0.15, -0.1) is 10.2 Å². The summed E-state index contributed by atoms with van der Waals surface area (Å²) in [6, 6.07) is 14.6. The maximum absolute atomic E-state index is 12.0. The Morgan fingerprint density at radius 1 is 0.727 bits per heavy atom. The SMILES string of the molecule is O=S(=O)(O)c1cc(O)c2c(O)c(N=Nc3cccc4ccccc34)c(S(=O)(=O)O)cc2c1.[Na+]. The molecule has 4 aromatic carbocycles. The number of phenolic OH excluding ortho intramolecular Hbond substituents is 2. The molecule has 4 N–H and O–H groups in total. The maximum Gasteiger partial charge on any atom is 1.00 e. The van der Waals surface area contributed by atoms with Crippen LogP contribution >= 0.6 is 0 Å². The fraction of sp³-hybridized carbons (Fsp3) is 0. The number of rotatable bonds is 4. The van der Waals surface area contributed by atoms with Crippen molar-refractivity contribution in [3.05, 3.63) is 60.7 Å². The number of phenols is 2. The standard InChI is InChI=1S/C20H14N2O8S2.Na/c23-16-10-13(31(25,26)27)8-12-9-17(32(28,29)30)19(20(24)18(12)16)22-21-15-7-3-5-11-4-1-2-6-14(11)15;/h1-10,23-24H,(H,25,26,27)(H,28,29,30);/q;+1. The molecule has 0 fully saturated rings. The van der Waals surface area contributed by atoms with Crippen molar-refractivity contribution in [3.8, 4) is 11.5 Å². The maximum atomic E-state index is 12.0. The molecule has 164 valence electrons. The van der Waals surface area contributed by atoms with Crippen LogP contribution < -0.4 is 29.6 Å². The third-order valence-electron chi connectivity index (χ3n) is 4.70. The number of aromatic hydroxyl groups is 2. The van der Waals surface area contributed by atoms with Gasteiger partial charge in [-0.2, -0.15) is 16.8 Å². The molecule has 0 radical (unpaired) electrons. The molecule has 33 heavy (non-hydrogen) atoms. The van der Waals surface area contributed by atoms with Crippen LogP contribution in [0.5, 0.6) is 11.5 Å². The van der Waals surface area contributed by atoms with Gasteiger partial charge in [0.25, 0.3) is 20.2 Å². The zero-order valence-corrected chi connectivity index (χ0v) is 20.5. The van der Waals surface area contributed by atoms with Crippen LogP contribution in [0.4, 0.5) is 11.4 Å². The Kier molecular flexibility index (Phi) is 6.82. The van der Waals surface area contributed by atoms with Crippen LogP contribution in [0.15, 0.2) is 80.7 Å². The van der Waals surface area contributed by atoms with E-state index in [9.17, 15) is 36.2 Å². The Balaban J connectivity index is 0.00000306. The van der Waals surface area contributed by atoms with Gasteiger partial charge in [0.1, 0.15) is 16.3 Å². The molecule has 4 rings (SSSR count). The van der Waals surface area contributed by atoms with Gasteiger partial charge in [-0.1, -0.05) is 36.4 Å². The number of azo groups is 1. The van der Waals surface area contributed by atoms with Gasteiger partial charge in [0.15, 0.2) is 5.75 Å². The summed E-state index contributed by atoms with van der Waals surface area (Å²) in [7, 11) is -9.71. The Hall–Kier alpha value is -2.58. The molecule has 0 aliphatic rings. The molecule has 0 atom stereocenters. The summed E-state index contributed by atoms with van der Waals surface area (Å²) < 4.78 is 65.6. The molecular formula is C20H14N2NaO8S2+. The van der Waals surface area contributed by atoms with E-state index in [1.54, 1.807) is 24.3 Å². The van der Waals surface area contributed by atoms with Gasteiger partial charge in [0.2, 0.25) is 0 Å². The minimum Gasteiger partial charge on any atom is -0.507 e. The third-order valence-corrected chi connectivity index (χ3v) is 6.40. The average Bonchev–Trinajstić information content (AvgIpc) is 2.71. The van der Waals surface area contributed by atoms with Gasteiger partial charge < -0.3 is 10.2 Å². The first-order chi connectivity index (χ1) is 15.0. The van der Waals surface area contributed by atoms with E-state index in [2.05, 4.69) is 10.2 Å². The molecule has 0 amide bonds. The molecule has 0 heterocycles. The van der Waals surface area contributed by atoms with Gasteiger partial charge >= 0.3 is 29.6 Å². The Morgan fingerprint density at radius 3 is 2.06 bits per heavy atom. The van der Waals surface area contributed by atoms with Crippen molar-refractivity contribution in [1.29, 1.82) is 0 Å². The van der Waals surface area contributed by atoms with Gasteiger partial charge in [0, 0.05) is 11.5 Å². The van der Waals surface area contributed by atoms with Crippen molar-refractivity contribution < 1.29 is 65.7 Å². The fourth-order valence-corrected chi connectivity index (χ4v) is 4.47. The Bertz CT molecular complexity index is 1650. The average molecular weight is 497 g/mol. The molecular weight excluding hydrogens is 483 g/mol. The number of hydrogen-bond acceptors (Lipinski definition) is 8. The van der Waals surface area contributed by atoms with E-state index in [1.807, 2.05) is 18.2 Å². The minimum atomic E-state index is -4.96. The topological polar surface area (TPSA) is 174 Å². The molecule has 0 aliphatic heterocycles. The second-order valence-corrected chi connectivity index (χ2v) is 9.57. The third kappa shape index (κ3) is 4.87. The summed E-state index contributed by atoms with van der Waals surface area (Å²) >= 11 is 0. The molecule has 13 heteroatoms. The second-order valence-electron chi connectivity index (χ2n) is 6.76. The van der Waals surface area contributed by atoms with Crippen molar-refractivity contribution in [1.82, 2.24) is 0 Å². The fourth-order valence-electron chi connectivity index (χ4n) is 3.28. The summed E-state index contributed by atoms with van der Waals surface area (Å²) in [4.78, 5) is -1.62. The van der Waals surface area contributed by atoms with E-state index in [0.29, 0.717) is 17.1 Å². The summed E-state index contributed by atoms with van der Waals surface area (Å²) in [5, 5.41) is 29.6. The number of hydrogen-bond donors (Lipinski definition) is 4. The molecule has 0 aromatic heterocycles. The van der Waals surface area contributed by atoms with Crippen molar-refractivity contribution in [2.75, 3.05) is 0 Å². The normalized spacial score (nSPS) is 12.3. The van der Waals surface area contributed by atoms with Crippen LogP contribution in [0.3, 0.4) is 0 Å². The molecule has 4 aromatic rings. The number of fused-ring (bicyclic) bond motifs is 2. The van der Waals surface area contributed by atoms with Gasteiger partial charge in [-0.3, -0.25) is 9.11 Å². The molecule has 10 nitrogen and oxygen atoms in total. The van der Waals surface area contributed by atoms with E-state index in [1.165, 1.54) is 0 Å². The van der Waals surface area contributed by atoms with Crippen molar-refractivity contribution in [3.63, 3.8) is 0 Å². The van der Waals surface area contributed by atoms with Gasteiger partial charge in [0.05, 0.1) is 16.0 Å². The van der Waals surface area contributed by atoms with E-state index >= 15 is 0 Å². The number of nitrogens with zero attached hydrogens (tertiary/aromatic N) is 2. The minimum absolute atomic E-state index is 0. The zero-order valence-electron chi connectivity index (χ0n) is 16.9. The van der Waals surface area contributed by atoms with E-state index in [-0.39, 0.29) is 40.3 Å². The first kappa shape index (κ1) is 25.1. The second kappa shape index (κ2) is 8.99. The van der Waals surface area contributed by atoms with Crippen LogP contribution in [-0.2, 0) is 20.2 Å². The van der Waals surface area contributed by atoms with Crippen LogP contribution in [0.2, 0.25) is 0 Å². The Labute approximate surface area is 210 Å². The zero-order chi connectivity index (χ0) is 23.3. The van der Waals surface area contributed by atoms with Crippen molar-refractivity contribution in [2.24, 2.45) is 10.2 Å². The monoisotopic (exact) mass is 497 g/mol. The largest absolute Gasteiger partial charge is 1.00 e. The van der Waals surface area contributed by atoms with Crippen LogP contribution in [0.25, 0.3) is 21.5 Å². The number of benzene rings is 4. The van der Waals surface area contributed by atoms with E-state index < -0.39 is 47.2 Å². The summed E-state index contributed by atoms with van der Waals surface area (Å²) in [5.41, 5.74) is -0.322. The summed E-state index contributed by atoms with van der Waals surface area (Å²) in [6.45, 7) is 0.